The van der Waals surface area contributed by atoms with E-state index in [1.165, 1.54) is 11.8 Å². The average Bonchev–Trinajstić information content (AvgIpc) is 3.17. The molecule has 0 saturated heterocycles. The van der Waals surface area contributed by atoms with Crippen LogP contribution in [0.25, 0.3) is 17.1 Å². The van der Waals surface area contributed by atoms with Crippen LogP contribution in [-0.4, -0.2) is 26.4 Å². The van der Waals surface area contributed by atoms with Crippen molar-refractivity contribution in [2.75, 3.05) is 11.1 Å². The number of thioether (sulfide) groups is 1. The standard InChI is InChI=1S/C23H18Cl2N4OS/c1-15-9-11-18(12-10-15)29-22(19-7-2-3-8-20(19)25)27-28-23(29)31-14-21(30)26-17-6-4-5-16(24)13-17/h2-13H,14H2,1H3,(H,26,30). The average molecular weight is 469 g/mol. The van der Waals surface area contributed by atoms with Gasteiger partial charge in [0, 0.05) is 22.0 Å². The van der Waals surface area contributed by atoms with E-state index in [-0.39, 0.29) is 11.7 Å². The Balaban J connectivity index is 1.62. The van der Waals surface area contributed by atoms with E-state index in [0.29, 0.717) is 26.7 Å². The lowest BCUT2D eigenvalue weighted by molar-refractivity contribution is -0.113. The first-order valence-electron chi connectivity index (χ1n) is 9.47. The molecule has 3 aromatic carbocycles. The van der Waals surface area contributed by atoms with E-state index in [4.69, 9.17) is 23.2 Å². The Morgan fingerprint density at radius 3 is 2.52 bits per heavy atom. The number of nitrogens with one attached hydrogen (secondary N) is 1. The molecule has 1 N–H and O–H groups in total. The van der Waals surface area contributed by atoms with Gasteiger partial charge in [0.05, 0.1) is 10.8 Å². The first kappa shape index (κ1) is 21.4. The lowest BCUT2D eigenvalue weighted by Crippen LogP contribution is -2.14. The summed E-state index contributed by atoms with van der Waals surface area (Å²) in [6.45, 7) is 2.03. The number of anilines is 1. The molecule has 0 aliphatic heterocycles. The third kappa shape index (κ3) is 5.10. The molecule has 0 saturated carbocycles. The number of aryl methyl sites for hydroxylation is 1. The second-order valence-corrected chi connectivity index (χ2v) is 8.59. The Bertz CT molecular complexity index is 1220. The molecule has 31 heavy (non-hydrogen) atoms. The van der Waals surface area contributed by atoms with Crippen molar-refractivity contribution in [2.24, 2.45) is 0 Å². The van der Waals surface area contributed by atoms with Gasteiger partial charge < -0.3 is 5.32 Å². The Labute approximate surface area is 194 Å². The zero-order valence-corrected chi connectivity index (χ0v) is 18.9. The number of carbonyl (C=O) groups is 1. The Hall–Kier alpha value is -2.80. The van der Waals surface area contributed by atoms with Crippen LogP contribution >= 0.6 is 35.0 Å². The molecule has 8 heteroatoms. The molecule has 0 aliphatic carbocycles. The van der Waals surface area contributed by atoms with Crippen molar-refractivity contribution in [1.29, 1.82) is 0 Å². The molecule has 0 unspecified atom stereocenters. The molecular formula is C23H18Cl2N4OS. The van der Waals surface area contributed by atoms with Crippen LogP contribution in [0.3, 0.4) is 0 Å². The fourth-order valence-electron chi connectivity index (χ4n) is 3.00. The molecule has 0 radical (unpaired) electrons. The Morgan fingerprint density at radius 1 is 1.00 bits per heavy atom. The van der Waals surface area contributed by atoms with E-state index >= 15 is 0 Å². The molecule has 1 aromatic heterocycles. The monoisotopic (exact) mass is 468 g/mol. The van der Waals surface area contributed by atoms with Gasteiger partial charge in [-0.25, -0.2) is 0 Å². The Kier molecular flexibility index (Phi) is 6.61. The van der Waals surface area contributed by atoms with Crippen LogP contribution in [0.15, 0.2) is 78.0 Å². The normalized spacial score (nSPS) is 10.8. The van der Waals surface area contributed by atoms with E-state index in [9.17, 15) is 4.79 Å². The molecule has 1 amide bonds. The quantitative estimate of drug-likeness (QED) is 0.338. The van der Waals surface area contributed by atoms with Gasteiger partial charge in [-0.2, -0.15) is 0 Å². The second-order valence-electron chi connectivity index (χ2n) is 6.80. The minimum atomic E-state index is -0.162. The minimum absolute atomic E-state index is 0.162. The highest BCUT2D eigenvalue weighted by molar-refractivity contribution is 7.99. The van der Waals surface area contributed by atoms with Crippen molar-refractivity contribution in [1.82, 2.24) is 14.8 Å². The van der Waals surface area contributed by atoms with Crippen molar-refractivity contribution in [2.45, 2.75) is 12.1 Å². The van der Waals surface area contributed by atoms with Crippen molar-refractivity contribution in [3.8, 4) is 17.1 Å². The van der Waals surface area contributed by atoms with E-state index in [1.54, 1.807) is 24.3 Å². The molecule has 0 aliphatic rings. The molecule has 0 spiro atoms. The van der Waals surface area contributed by atoms with Crippen LogP contribution in [0.4, 0.5) is 5.69 Å². The maximum atomic E-state index is 12.5. The highest BCUT2D eigenvalue weighted by Crippen LogP contribution is 2.32. The summed E-state index contributed by atoms with van der Waals surface area (Å²) in [7, 11) is 0. The fourth-order valence-corrected chi connectivity index (χ4v) is 4.16. The summed E-state index contributed by atoms with van der Waals surface area (Å²) in [4.78, 5) is 12.5. The number of aromatic nitrogens is 3. The lowest BCUT2D eigenvalue weighted by atomic mass is 10.2. The van der Waals surface area contributed by atoms with E-state index in [1.807, 2.05) is 60.0 Å². The zero-order valence-electron chi connectivity index (χ0n) is 16.5. The zero-order chi connectivity index (χ0) is 21.8. The third-order valence-electron chi connectivity index (χ3n) is 4.48. The minimum Gasteiger partial charge on any atom is -0.325 e. The van der Waals surface area contributed by atoms with Gasteiger partial charge in [0.2, 0.25) is 5.91 Å². The molecule has 156 valence electrons. The van der Waals surface area contributed by atoms with Gasteiger partial charge >= 0.3 is 0 Å². The second kappa shape index (κ2) is 9.56. The number of nitrogens with zero attached hydrogens (tertiary/aromatic N) is 3. The summed E-state index contributed by atoms with van der Waals surface area (Å²) in [5, 5.41) is 13.3. The summed E-state index contributed by atoms with van der Waals surface area (Å²) >= 11 is 13.7. The van der Waals surface area contributed by atoms with Crippen molar-refractivity contribution in [3.63, 3.8) is 0 Å². The first-order chi connectivity index (χ1) is 15.0. The molecule has 1 heterocycles. The maximum Gasteiger partial charge on any atom is 0.234 e. The van der Waals surface area contributed by atoms with Crippen LogP contribution in [-0.2, 0) is 4.79 Å². The smallest absolute Gasteiger partial charge is 0.234 e. The summed E-state index contributed by atoms with van der Waals surface area (Å²) in [6, 6.07) is 22.6. The molecule has 0 fully saturated rings. The number of halogens is 2. The van der Waals surface area contributed by atoms with Gasteiger partial charge in [-0.15, -0.1) is 10.2 Å². The van der Waals surface area contributed by atoms with Gasteiger partial charge in [-0.1, -0.05) is 70.9 Å². The van der Waals surface area contributed by atoms with E-state index in [2.05, 4.69) is 15.5 Å². The lowest BCUT2D eigenvalue weighted by Gasteiger charge is -2.11. The highest BCUT2D eigenvalue weighted by atomic mass is 35.5. The van der Waals surface area contributed by atoms with Crippen LogP contribution in [0.1, 0.15) is 5.56 Å². The van der Waals surface area contributed by atoms with Gasteiger partial charge in [0.25, 0.3) is 0 Å². The summed E-state index contributed by atoms with van der Waals surface area (Å²) in [6.07, 6.45) is 0. The first-order valence-corrected chi connectivity index (χ1v) is 11.2. The number of rotatable bonds is 6. The SMILES string of the molecule is Cc1ccc(-n2c(SCC(=O)Nc3cccc(Cl)c3)nnc2-c2ccccc2Cl)cc1. The number of carbonyl (C=O) groups excluding carboxylic acids is 1. The van der Waals surface area contributed by atoms with Gasteiger partial charge in [-0.05, 0) is 49.4 Å². The number of hydrogen-bond donors (Lipinski definition) is 1. The van der Waals surface area contributed by atoms with Gasteiger partial charge in [0.15, 0.2) is 11.0 Å². The van der Waals surface area contributed by atoms with Crippen molar-refractivity contribution in [3.05, 3.63) is 88.4 Å². The maximum absolute atomic E-state index is 12.5. The topological polar surface area (TPSA) is 59.8 Å². The fraction of sp³-hybridized carbons (Fsp3) is 0.0870. The van der Waals surface area contributed by atoms with Gasteiger partial charge in [0.1, 0.15) is 0 Å². The van der Waals surface area contributed by atoms with Crippen LogP contribution in [0.5, 0.6) is 0 Å². The summed E-state index contributed by atoms with van der Waals surface area (Å²) in [5.41, 5.74) is 3.46. The highest BCUT2D eigenvalue weighted by Gasteiger charge is 2.19. The number of amides is 1. The van der Waals surface area contributed by atoms with Crippen molar-refractivity contribution < 1.29 is 4.79 Å². The summed E-state index contributed by atoms with van der Waals surface area (Å²) in [5.74, 6) is 0.621. The van der Waals surface area contributed by atoms with E-state index in [0.717, 1.165) is 16.8 Å². The molecular weight excluding hydrogens is 451 g/mol. The molecule has 5 nitrogen and oxygen atoms in total. The molecule has 4 rings (SSSR count). The molecule has 0 bridgehead atoms. The Morgan fingerprint density at radius 2 is 1.77 bits per heavy atom. The van der Waals surface area contributed by atoms with Crippen LogP contribution in [0, 0.1) is 6.92 Å². The van der Waals surface area contributed by atoms with Crippen LogP contribution in [0.2, 0.25) is 10.0 Å². The molecule has 0 atom stereocenters. The number of benzene rings is 3. The van der Waals surface area contributed by atoms with Crippen LogP contribution < -0.4 is 5.32 Å². The third-order valence-corrected chi connectivity index (χ3v) is 5.97. The predicted octanol–water partition coefficient (Wildman–Crippen LogP) is 6.28. The predicted molar refractivity (Wildman–Crippen MR) is 127 cm³/mol. The van der Waals surface area contributed by atoms with Crippen molar-refractivity contribution >= 4 is 46.6 Å². The number of hydrogen-bond acceptors (Lipinski definition) is 4. The largest absolute Gasteiger partial charge is 0.325 e. The molecule has 4 aromatic rings. The van der Waals surface area contributed by atoms with E-state index < -0.39 is 0 Å². The summed E-state index contributed by atoms with van der Waals surface area (Å²) < 4.78 is 1.91. The van der Waals surface area contributed by atoms with Gasteiger partial charge in [-0.3, -0.25) is 9.36 Å².